The van der Waals surface area contributed by atoms with Gasteiger partial charge in [0.2, 0.25) is 5.91 Å². The maximum absolute atomic E-state index is 12.4. The van der Waals surface area contributed by atoms with Crippen molar-refractivity contribution in [3.8, 4) is 0 Å². The van der Waals surface area contributed by atoms with Gasteiger partial charge in [-0.15, -0.1) is 11.8 Å². The summed E-state index contributed by atoms with van der Waals surface area (Å²) in [6.07, 6.45) is 0. The number of nitrogens with one attached hydrogen (secondary N) is 1. The number of nitrogens with zero attached hydrogens (tertiary/aromatic N) is 2. The molecule has 2 rings (SSSR count). The van der Waals surface area contributed by atoms with E-state index in [1.807, 2.05) is 38.2 Å². The van der Waals surface area contributed by atoms with E-state index in [1.165, 1.54) is 23.9 Å². The van der Waals surface area contributed by atoms with Gasteiger partial charge in [-0.05, 0) is 44.2 Å². The molecule has 2 aromatic carbocycles. The smallest absolute Gasteiger partial charge is 0.269 e. The third-order valence-electron chi connectivity index (χ3n) is 3.76. The van der Waals surface area contributed by atoms with Crippen molar-refractivity contribution in [2.45, 2.75) is 24.0 Å². The van der Waals surface area contributed by atoms with Crippen LogP contribution in [0.3, 0.4) is 0 Å². The topological polar surface area (TPSA) is 75.5 Å². The van der Waals surface area contributed by atoms with Gasteiger partial charge in [-0.3, -0.25) is 14.9 Å². The van der Waals surface area contributed by atoms with Crippen LogP contribution in [0.2, 0.25) is 0 Å². The van der Waals surface area contributed by atoms with E-state index in [4.69, 9.17) is 0 Å². The predicted molar refractivity (Wildman–Crippen MR) is 102 cm³/mol. The van der Waals surface area contributed by atoms with Crippen LogP contribution in [0.25, 0.3) is 0 Å². The highest BCUT2D eigenvalue weighted by molar-refractivity contribution is 8.00. The molecule has 0 saturated carbocycles. The van der Waals surface area contributed by atoms with Crippen molar-refractivity contribution in [1.82, 2.24) is 0 Å². The first-order valence-corrected chi connectivity index (χ1v) is 8.82. The molecule has 1 unspecified atom stereocenters. The Morgan fingerprint density at radius 1 is 1.28 bits per heavy atom. The van der Waals surface area contributed by atoms with E-state index in [0.717, 1.165) is 22.8 Å². The Bertz CT molecular complexity index is 749. The lowest BCUT2D eigenvalue weighted by molar-refractivity contribution is -0.384. The van der Waals surface area contributed by atoms with Gasteiger partial charge in [0, 0.05) is 42.0 Å². The predicted octanol–water partition coefficient (Wildman–Crippen LogP) is 4.17. The Morgan fingerprint density at radius 2 is 1.96 bits per heavy atom. The molecule has 0 aliphatic heterocycles. The largest absolute Gasteiger partial charge is 0.375 e. The Kier molecular flexibility index (Phi) is 6.41. The molecule has 0 spiro atoms. The molecule has 1 N–H and O–H groups in total. The molecule has 0 aliphatic rings. The van der Waals surface area contributed by atoms with Crippen molar-refractivity contribution in [2.24, 2.45) is 0 Å². The minimum absolute atomic E-state index is 0.0401. The highest BCUT2D eigenvalue weighted by atomic mass is 32.2. The van der Waals surface area contributed by atoms with Crippen molar-refractivity contribution < 1.29 is 9.72 Å². The van der Waals surface area contributed by atoms with Gasteiger partial charge in [0.05, 0.1) is 10.2 Å². The van der Waals surface area contributed by atoms with E-state index < -0.39 is 4.92 Å². The maximum atomic E-state index is 12.4. The third kappa shape index (κ3) is 5.22. The molecule has 7 heteroatoms. The second kappa shape index (κ2) is 8.53. The molecule has 6 nitrogen and oxygen atoms in total. The van der Waals surface area contributed by atoms with Crippen LogP contribution in [0.15, 0.2) is 53.4 Å². The molecular weight excluding hydrogens is 338 g/mol. The quantitative estimate of drug-likeness (QED) is 0.456. The summed E-state index contributed by atoms with van der Waals surface area (Å²) >= 11 is 1.36. The summed E-state index contributed by atoms with van der Waals surface area (Å²) in [7, 11) is 1.99. The number of hydrogen-bond donors (Lipinski definition) is 1. The first-order valence-electron chi connectivity index (χ1n) is 7.94. The molecule has 0 aliphatic carbocycles. The van der Waals surface area contributed by atoms with E-state index in [0.29, 0.717) is 0 Å². The fourth-order valence-electron chi connectivity index (χ4n) is 2.15. The number of hydrogen-bond acceptors (Lipinski definition) is 5. The minimum Gasteiger partial charge on any atom is -0.375 e. The van der Waals surface area contributed by atoms with E-state index in [9.17, 15) is 14.9 Å². The van der Waals surface area contributed by atoms with Crippen LogP contribution in [0, 0.1) is 10.1 Å². The molecular formula is C18H21N3O3S. The Balaban J connectivity index is 1.99. The number of thioether (sulfide) groups is 1. The summed E-state index contributed by atoms with van der Waals surface area (Å²) in [4.78, 5) is 25.5. The van der Waals surface area contributed by atoms with E-state index in [1.54, 1.807) is 12.1 Å². The third-order valence-corrected chi connectivity index (χ3v) is 4.87. The average molecular weight is 359 g/mol. The summed E-state index contributed by atoms with van der Waals surface area (Å²) in [6, 6.07) is 13.9. The van der Waals surface area contributed by atoms with Gasteiger partial charge in [0.1, 0.15) is 0 Å². The molecule has 0 aromatic heterocycles. The maximum Gasteiger partial charge on any atom is 0.269 e. The zero-order chi connectivity index (χ0) is 18.4. The summed E-state index contributed by atoms with van der Waals surface area (Å²) in [5.41, 5.74) is 1.83. The van der Waals surface area contributed by atoms with Gasteiger partial charge < -0.3 is 10.2 Å². The average Bonchev–Trinajstić information content (AvgIpc) is 2.61. The van der Waals surface area contributed by atoms with E-state index >= 15 is 0 Å². The van der Waals surface area contributed by atoms with Crippen molar-refractivity contribution in [3.05, 3.63) is 58.6 Å². The molecule has 0 fully saturated rings. The Labute approximate surface area is 151 Å². The fraction of sp³-hybridized carbons (Fsp3) is 0.278. The second-order valence-electron chi connectivity index (χ2n) is 5.56. The van der Waals surface area contributed by atoms with Crippen molar-refractivity contribution in [1.29, 1.82) is 0 Å². The minimum atomic E-state index is -0.440. The van der Waals surface area contributed by atoms with Crippen LogP contribution in [-0.2, 0) is 4.79 Å². The number of carbonyl (C=O) groups excluding carboxylic acids is 1. The highest BCUT2D eigenvalue weighted by Crippen LogP contribution is 2.26. The summed E-state index contributed by atoms with van der Waals surface area (Å²) in [6.45, 7) is 4.75. The van der Waals surface area contributed by atoms with Gasteiger partial charge in [-0.2, -0.15) is 0 Å². The number of rotatable bonds is 7. The lowest BCUT2D eigenvalue weighted by Crippen LogP contribution is -2.22. The summed E-state index contributed by atoms with van der Waals surface area (Å²) in [5.74, 6) is -0.111. The number of nitro benzene ring substituents is 1. The lowest BCUT2D eigenvalue weighted by atomic mass is 10.2. The lowest BCUT2D eigenvalue weighted by Gasteiger charge is -2.18. The molecule has 2 aromatic rings. The molecule has 1 amide bonds. The standard InChI is InChI=1S/C18H21N3O3S/c1-4-20(3)16-7-5-6-14(12-16)19-18(22)13(2)25-17-10-8-15(9-11-17)21(23)24/h5-13H,4H2,1-3H3,(H,19,22). The molecule has 0 saturated heterocycles. The number of non-ortho nitro benzene ring substituents is 1. The van der Waals surface area contributed by atoms with E-state index in [2.05, 4.69) is 17.1 Å². The van der Waals surface area contributed by atoms with Gasteiger partial charge >= 0.3 is 0 Å². The molecule has 132 valence electrons. The Hall–Kier alpha value is -2.54. The number of anilines is 2. The van der Waals surface area contributed by atoms with Crippen LogP contribution in [0.5, 0.6) is 0 Å². The Morgan fingerprint density at radius 3 is 2.56 bits per heavy atom. The molecule has 0 heterocycles. The highest BCUT2D eigenvalue weighted by Gasteiger charge is 2.15. The van der Waals surface area contributed by atoms with Crippen LogP contribution in [-0.4, -0.2) is 29.7 Å². The van der Waals surface area contributed by atoms with Gasteiger partial charge in [0.25, 0.3) is 5.69 Å². The SMILES string of the molecule is CCN(C)c1cccc(NC(=O)C(C)Sc2ccc([N+](=O)[O-])cc2)c1. The summed E-state index contributed by atoms with van der Waals surface area (Å²) in [5, 5.41) is 13.3. The van der Waals surface area contributed by atoms with Crippen LogP contribution in [0.1, 0.15) is 13.8 Å². The van der Waals surface area contributed by atoms with Gasteiger partial charge in [-0.1, -0.05) is 6.07 Å². The number of carbonyl (C=O) groups is 1. The van der Waals surface area contributed by atoms with Crippen LogP contribution < -0.4 is 10.2 Å². The molecule has 0 radical (unpaired) electrons. The fourth-order valence-corrected chi connectivity index (χ4v) is 3.02. The molecule has 25 heavy (non-hydrogen) atoms. The summed E-state index contributed by atoms with van der Waals surface area (Å²) < 4.78 is 0. The number of amides is 1. The van der Waals surface area contributed by atoms with Crippen LogP contribution >= 0.6 is 11.8 Å². The normalized spacial score (nSPS) is 11.6. The number of nitro groups is 1. The first-order chi connectivity index (χ1) is 11.9. The van der Waals surface area contributed by atoms with Crippen molar-refractivity contribution >= 4 is 34.7 Å². The monoisotopic (exact) mass is 359 g/mol. The zero-order valence-electron chi connectivity index (χ0n) is 14.4. The van der Waals surface area contributed by atoms with Crippen molar-refractivity contribution in [2.75, 3.05) is 23.8 Å². The number of benzene rings is 2. The second-order valence-corrected chi connectivity index (χ2v) is 6.98. The van der Waals surface area contributed by atoms with Gasteiger partial charge in [-0.25, -0.2) is 0 Å². The molecule has 1 atom stereocenters. The zero-order valence-corrected chi connectivity index (χ0v) is 15.2. The molecule has 0 bridgehead atoms. The first kappa shape index (κ1) is 18.8. The van der Waals surface area contributed by atoms with Crippen molar-refractivity contribution in [3.63, 3.8) is 0 Å². The van der Waals surface area contributed by atoms with E-state index in [-0.39, 0.29) is 16.8 Å². The van der Waals surface area contributed by atoms with Crippen LogP contribution in [0.4, 0.5) is 17.1 Å². The van der Waals surface area contributed by atoms with Gasteiger partial charge in [0.15, 0.2) is 0 Å².